The summed E-state index contributed by atoms with van der Waals surface area (Å²) >= 11 is 0. The number of carboxylic acids is 1. The minimum atomic E-state index is -0.911. The van der Waals surface area contributed by atoms with Crippen LogP contribution < -0.4 is 5.56 Å². The van der Waals surface area contributed by atoms with E-state index in [0.717, 1.165) is 17.5 Å². The summed E-state index contributed by atoms with van der Waals surface area (Å²) in [5, 5.41) is 8.64. The molecule has 1 N–H and O–H groups in total. The molecule has 0 amide bonds. The van der Waals surface area contributed by atoms with Crippen LogP contribution in [0.4, 0.5) is 0 Å². The van der Waals surface area contributed by atoms with E-state index in [-0.39, 0.29) is 18.5 Å². The maximum atomic E-state index is 11.9. The number of benzene rings is 1. The molecule has 2 rings (SSSR count). The Labute approximate surface area is 129 Å². The van der Waals surface area contributed by atoms with Crippen LogP contribution in [0.3, 0.4) is 0 Å². The van der Waals surface area contributed by atoms with Gasteiger partial charge in [0.2, 0.25) is 0 Å². The highest BCUT2D eigenvalue weighted by molar-refractivity contribution is 5.69. The number of aromatic nitrogens is 1. The number of aryl methyl sites for hydroxylation is 2. The summed E-state index contributed by atoms with van der Waals surface area (Å²) in [4.78, 5) is 22.4. The molecule has 0 aliphatic carbocycles. The van der Waals surface area contributed by atoms with Crippen LogP contribution in [0.5, 0.6) is 0 Å². The van der Waals surface area contributed by atoms with E-state index in [1.165, 1.54) is 16.2 Å². The highest BCUT2D eigenvalue weighted by Gasteiger charge is 2.00. The van der Waals surface area contributed by atoms with E-state index in [4.69, 9.17) is 5.11 Å². The molecule has 0 bridgehead atoms. The minimum Gasteiger partial charge on any atom is -0.481 e. The van der Waals surface area contributed by atoms with Crippen molar-refractivity contribution in [1.29, 1.82) is 0 Å². The summed E-state index contributed by atoms with van der Waals surface area (Å²) in [7, 11) is 0. The van der Waals surface area contributed by atoms with Crippen LogP contribution in [0.15, 0.2) is 47.4 Å². The lowest BCUT2D eigenvalue weighted by Gasteiger charge is -2.03. The molecule has 0 saturated carbocycles. The fourth-order valence-corrected chi connectivity index (χ4v) is 2.08. The van der Waals surface area contributed by atoms with Crippen molar-refractivity contribution in [3.63, 3.8) is 0 Å². The molecule has 22 heavy (non-hydrogen) atoms. The maximum Gasteiger partial charge on any atom is 0.305 e. The van der Waals surface area contributed by atoms with Crippen molar-refractivity contribution in [3.8, 4) is 0 Å². The third-order valence-electron chi connectivity index (χ3n) is 3.44. The Morgan fingerprint density at radius 3 is 2.41 bits per heavy atom. The van der Waals surface area contributed by atoms with Crippen LogP contribution >= 0.6 is 0 Å². The van der Waals surface area contributed by atoms with E-state index in [1.54, 1.807) is 12.3 Å². The van der Waals surface area contributed by atoms with Crippen LogP contribution in [0.25, 0.3) is 12.2 Å². The zero-order chi connectivity index (χ0) is 15.9. The molecule has 1 aromatic heterocycles. The number of aliphatic carboxylic acids is 1. The standard InChI is InChI=1S/C18H19NO3/c1-2-14-3-5-15(6-4-14)7-8-16-9-11-19(17(20)13-16)12-10-18(21)22/h3-9,11,13H,2,10,12H2,1H3,(H,21,22)/b8-7+. The molecule has 4 nitrogen and oxygen atoms in total. The Morgan fingerprint density at radius 1 is 1.14 bits per heavy atom. The zero-order valence-electron chi connectivity index (χ0n) is 12.5. The Kier molecular flexibility index (Phi) is 5.31. The number of rotatable bonds is 6. The first-order valence-corrected chi connectivity index (χ1v) is 7.28. The van der Waals surface area contributed by atoms with Crippen molar-refractivity contribution < 1.29 is 9.90 Å². The Morgan fingerprint density at radius 2 is 1.82 bits per heavy atom. The molecule has 1 heterocycles. The molecule has 0 aliphatic heterocycles. The molecule has 0 unspecified atom stereocenters. The van der Waals surface area contributed by atoms with Crippen LogP contribution in [0.1, 0.15) is 30.0 Å². The predicted molar refractivity (Wildman–Crippen MR) is 87.7 cm³/mol. The van der Waals surface area contributed by atoms with Crippen LogP contribution in [-0.4, -0.2) is 15.6 Å². The fraction of sp³-hybridized carbons (Fsp3) is 0.222. The summed E-state index contributed by atoms with van der Waals surface area (Å²) in [6.45, 7) is 2.31. The summed E-state index contributed by atoms with van der Waals surface area (Å²) in [6, 6.07) is 11.6. The minimum absolute atomic E-state index is 0.0567. The van der Waals surface area contributed by atoms with Gasteiger partial charge in [-0.2, -0.15) is 0 Å². The number of carbonyl (C=O) groups is 1. The van der Waals surface area contributed by atoms with Gasteiger partial charge in [-0.05, 0) is 29.2 Å². The highest BCUT2D eigenvalue weighted by atomic mass is 16.4. The van der Waals surface area contributed by atoms with Crippen LogP contribution in [0, 0.1) is 0 Å². The van der Waals surface area contributed by atoms with Crippen LogP contribution in [0.2, 0.25) is 0 Å². The van der Waals surface area contributed by atoms with E-state index < -0.39 is 5.97 Å². The van der Waals surface area contributed by atoms with Gasteiger partial charge in [-0.25, -0.2) is 0 Å². The van der Waals surface area contributed by atoms with Gasteiger partial charge in [0.05, 0.1) is 6.42 Å². The van der Waals surface area contributed by atoms with Gasteiger partial charge >= 0.3 is 5.97 Å². The molecule has 114 valence electrons. The van der Waals surface area contributed by atoms with Crippen molar-refractivity contribution in [3.05, 3.63) is 69.6 Å². The number of carboxylic acid groups (broad SMARTS) is 1. The van der Waals surface area contributed by atoms with Crippen molar-refractivity contribution in [1.82, 2.24) is 4.57 Å². The topological polar surface area (TPSA) is 59.3 Å². The van der Waals surface area contributed by atoms with Crippen molar-refractivity contribution in [2.24, 2.45) is 0 Å². The molecular weight excluding hydrogens is 278 g/mol. The third kappa shape index (κ3) is 4.45. The second-order valence-electron chi connectivity index (χ2n) is 5.06. The molecule has 0 aliphatic rings. The normalized spacial score (nSPS) is 11.0. The summed E-state index contributed by atoms with van der Waals surface area (Å²) in [5.74, 6) is -0.911. The number of hydrogen-bond donors (Lipinski definition) is 1. The van der Waals surface area contributed by atoms with E-state index in [9.17, 15) is 9.59 Å². The first-order chi connectivity index (χ1) is 10.6. The van der Waals surface area contributed by atoms with Gasteiger partial charge < -0.3 is 9.67 Å². The molecule has 0 fully saturated rings. The first-order valence-electron chi connectivity index (χ1n) is 7.28. The van der Waals surface area contributed by atoms with Crippen molar-refractivity contribution >= 4 is 18.1 Å². The predicted octanol–water partition coefficient (Wildman–Crippen LogP) is 3.06. The smallest absolute Gasteiger partial charge is 0.305 e. The highest BCUT2D eigenvalue weighted by Crippen LogP contribution is 2.09. The van der Waals surface area contributed by atoms with Crippen LogP contribution in [-0.2, 0) is 17.8 Å². The second-order valence-corrected chi connectivity index (χ2v) is 5.06. The molecule has 0 saturated heterocycles. The van der Waals surface area contributed by atoms with E-state index in [1.807, 2.05) is 24.3 Å². The molecule has 0 radical (unpaired) electrons. The van der Waals surface area contributed by atoms with E-state index >= 15 is 0 Å². The first kappa shape index (κ1) is 15.8. The fourth-order valence-electron chi connectivity index (χ4n) is 2.08. The number of hydrogen-bond acceptors (Lipinski definition) is 2. The molecule has 0 atom stereocenters. The quantitative estimate of drug-likeness (QED) is 0.891. The lowest BCUT2D eigenvalue weighted by atomic mass is 10.1. The zero-order valence-corrected chi connectivity index (χ0v) is 12.5. The molecular formula is C18H19NO3. The maximum absolute atomic E-state index is 11.9. The average Bonchev–Trinajstić information content (AvgIpc) is 2.52. The van der Waals surface area contributed by atoms with Gasteiger partial charge in [0.15, 0.2) is 0 Å². The Bertz CT molecular complexity index is 727. The lowest BCUT2D eigenvalue weighted by Crippen LogP contribution is -2.20. The Balaban J connectivity index is 2.09. The average molecular weight is 297 g/mol. The van der Waals surface area contributed by atoms with Gasteiger partial charge in [-0.15, -0.1) is 0 Å². The second kappa shape index (κ2) is 7.41. The van der Waals surface area contributed by atoms with Gasteiger partial charge in [-0.3, -0.25) is 9.59 Å². The van der Waals surface area contributed by atoms with Crippen molar-refractivity contribution in [2.45, 2.75) is 26.3 Å². The Hall–Kier alpha value is -2.62. The van der Waals surface area contributed by atoms with Gasteiger partial charge in [0.1, 0.15) is 0 Å². The van der Waals surface area contributed by atoms with Crippen molar-refractivity contribution in [2.75, 3.05) is 0 Å². The van der Waals surface area contributed by atoms with Gasteiger partial charge in [-0.1, -0.05) is 43.3 Å². The summed E-state index contributed by atoms with van der Waals surface area (Å²) in [5.41, 5.74) is 2.98. The largest absolute Gasteiger partial charge is 0.481 e. The lowest BCUT2D eigenvalue weighted by molar-refractivity contribution is -0.137. The molecule has 4 heteroatoms. The monoisotopic (exact) mass is 297 g/mol. The SMILES string of the molecule is CCc1ccc(/C=C/c2ccn(CCC(=O)O)c(=O)c2)cc1. The van der Waals surface area contributed by atoms with Gasteiger partial charge in [0.25, 0.3) is 5.56 Å². The molecule has 1 aromatic carbocycles. The summed E-state index contributed by atoms with van der Waals surface area (Å²) < 4.78 is 1.40. The van der Waals surface area contributed by atoms with E-state index in [2.05, 4.69) is 19.1 Å². The molecule has 0 spiro atoms. The molecule has 2 aromatic rings. The van der Waals surface area contributed by atoms with Gasteiger partial charge in [0, 0.05) is 18.8 Å². The summed E-state index contributed by atoms with van der Waals surface area (Å²) in [6.07, 6.45) is 6.42. The number of pyridine rings is 1. The van der Waals surface area contributed by atoms with E-state index in [0.29, 0.717) is 0 Å². The third-order valence-corrected chi connectivity index (χ3v) is 3.44. The number of nitrogens with zero attached hydrogens (tertiary/aromatic N) is 1.